The molecule has 6 heteroatoms. The Morgan fingerprint density at radius 1 is 1.04 bits per heavy atom. The molecule has 0 aliphatic heterocycles. The minimum Gasteiger partial charge on any atom is -0.340 e. The molecule has 0 radical (unpaired) electrons. The van der Waals surface area contributed by atoms with Gasteiger partial charge in [0.25, 0.3) is 0 Å². The summed E-state index contributed by atoms with van der Waals surface area (Å²) in [4.78, 5) is 16.6. The van der Waals surface area contributed by atoms with Gasteiger partial charge in [0.05, 0.1) is 5.39 Å². The molecule has 25 heavy (non-hydrogen) atoms. The van der Waals surface area contributed by atoms with Crippen LogP contribution in [0.3, 0.4) is 0 Å². The molecule has 0 saturated carbocycles. The van der Waals surface area contributed by atoms with Crippen LogP contribution in [0.2, 0.25) is 0 Å². The van der Waals surface area contributed by atoms with Gasteiger partial charge >= 0.3 is 0 Å². The van der Waals surface area contributed by atoms with Crippen molar-refractivity contribution in [3.05, 3.63) is 60.7 Å². The molecule has 0 aliphatic carbocycles. The van der Waals surface area contributed by atoms with E-state index in [2.05, 4.69) is 62.9 Å². The zero-order chi connectivity index (χ0) is 17.2. The quantitative estimate of drug-likeness (QED) is 0.483. The number of aryl methyl sites for hydroxylation is 1. The first kappa shape index (κ1) is 16.1. The Labute approximate surface area is 154 Å². The lowest BCUT2D eigenvalue weighted by Gasteiger charge is -2.06. The topological polar surface area (TPSA) is 50.7 Å². The highest BCUT2D eigenvalue weighted by Crippen LogP contribution is 2.36. The Bertz CT molecular complexity index is 1030. The van der Waals surface area contributed by atoms with Gasteiger partial charge in [-0.3, -0.25) is 4.98 Å². The predicted molar refractivity (Wildman–Crippen MR) is 107 cm³/mol. The van der Waals surface area contributed by atoms with Gasteiger partial charge in [0.1, 0.15) is 17.0 Å². The summed E-state index contributed by atoms with van der Waals surface area (Å²) in [6, 6.07) is 14.5. The van der Waals surface area contributed by atoms with Crippen molar-refractivity contribution in [3.63, 3.8) is 0 Å². The van der Waals surface area contributed by atoms with Crippen molar-refractivity contribution < 1.29 is 0 Å². The number of thioether (sulfide) groups is 1. The smallest absolute Gasteiger partial charge is 0.142 e. The number of fused-ring (bicyclic) bond motifs is 1. The van der Waals surface area contributed by atoms with Gasteiger partial charge in [-0.25, -0.2) is 9.97 Å². The van der Waals surface area contributed by atoms with Gasteiger partial charge < -0.3 is 5.32 Å². The number of anilines is 2. The highest BCUT2D eigenvalue weighted by Gasteiger charge is 2.12. The summed E-state index contributed by atoms with van der Waals surface area (Å²) in [5, 5.41) is 4.44. The fourth-order valence-electron chi connectivity index (χ4n) is 2.64. The number of benzene rings is 1. The molecule has 0 bridgehead atoms. The van der Waals surface area contributed by atoms with Crippen LogP contribution in [-0.2, 0) is 0 Å². The van der Waals surface area contributed by atoms with Crippen molar-refractivity contribution in [3.8, 4) is 10.4 Å². The molecule has 3 heterocycles. The highest BCUT2D eigenvalue weighted by atomic mass is 32.2. The molecular weight excluding hydrogens is 348 g/mol. The standard InChI is InChI=1S/C19H16N4S2/c1-12-15(4-3-9-20-12)17-10-16-18(21-11-22-19(16)25-17)23-13-5-7-14(24-2)8-6-13/h3-11H,1-2H3,(H,21,22,23). The summed E-state index contributed by atoms with van der Waals surface area (Å²) >= 11 is 3.39. The molecule has 0 atom stereocenters. The van der Waals surface area contributed by atoms with E-state index in [-0.39, 0.29) is 0 Å². The maximum Gasteiger partial charge on any atom is 0.142 e. The minimum atomic E-state index is 0.825. The Kier molecular flexibility index (Phi) is 4.38. The minimum absolute atomic E-state index is 0.825. The Morgan fingerprint density at radius 3 is 2.64 bits per heavy atom. The molecule has 1 aromatic carbocycles. The van der Waals surface area contributed by atoms with Crippen molar-refractivity contribution in [1.82, 2.24) is 15.0 Å². The van der Waals surface area contributed by atoms with E-state index in [0.29, 0.717) is 0 Å². The van der Waals surface area contributed by atoms with Gasteiger partial charge in [0.15, 0.2) is 0 Å². The first-order valence-electron chi connectivity index (χ1n) is 7.82. The molecule has 4 aromatic rings. The summed E-state index contributed by atoms with van der Waals surface area (Å²) in [7, 11) is 0. The average Bonchev–Trinajstić information content (AvgIpc) is 3.08. The molecule has 0 aliphatic rings. The number of hydrogen-bond acceptors (Lipinski definition) is 6. The first-order valence-corrected chi connectivity index (χ1v) is 9.86. The van der Waals surface area contributed by atoms with Crippen LogP contribution in [0.1, 0.15) is 5.69 Å². The van der Waals surface area contributed by atoms with E-state index in [1.807, 2.05) is 19.2 Å². The van der Waals surface area contributed by atoms with Crippen LogP contribution >= 0.6 is 23.1 Å². The van der Waals surface area contributed by atoms with E-state index in [4.69, 9.17) is 0 Å². The van der Waals surface area contributed by atoms with E-state index < -0.39 is 0 Å². The van der Waals surface area contributed by atoms with Crippen LogP contribution < -0.4 is 5.32 Å². The van der Waals surface area contributed by atoms with Crippen LogP contribution in [0.4, 0.5) is 11.5 Å². The maximum atomic E-state index is 4.44. The molecule has 3 aromatic heterocycles. The zero-order valence-corrected chi connectivity index (χ0v) is 15.5. The third kappa shape index (κ3) is 3.23. The Morgan fingerprint density at radius 2 is 1.88 bits per heavy atom. The Balaban J connectivity index is 1.73. The molecule has 1 N–H and O–H groups in total. The number of nitrogens with zero attached hydrogens (tertiary/aromatic N) is 3. The van der Waals surface area contributed by atoms with Crippen molar-refractivity contribution >= 4 is 44.8 Å². The molecule has 0 fully saturated rings. The number of hydrogen-bond donors (Lipinski definition) is 1. The second kappa shape index (κ2) is 6.82. The summed E-state index contributed by atoms with van der Waals surface area (Å²) in [6.45, 7) is 2.03. The van der Waals surface area contributed by atoms with Gasteiger partial charge in [-0.15, -0.1) is 23.1 Å². The van der Waals surface area contributed by atoms with E-state index in [0.717, 1.165) is 37.9 Å². The number of pyridine rings is 1. The summed E-state index contributed by atoms with van der Waals surface area (Å²) in [6.07, 6.45) is 5.50. The average molecular weight is 364 g/mol. The molecule has 4 rings (SSSR count). The maximum absolute atomic E-state index is 4.44. The van der Waals surface area contributed by atoms with Gasteiger partial charge in [-0.2, -0.15) is 0 Å². The lowest BCUT2D eigenvalue weighted by Crippen LogP contribution is -1.94. The zero-order valence-electron chi connectivity index (χ0n) is 13.9. The van der Waals surface area contributed by atoms with E-state index in [1.165, 1.54) is 4.90 Å². The molecule has 124 valence electrons. The molecular formula is C19H16N4S2. The van der Waals surface area contributed by atoms with Crippen LogP contribution in [0.5, 0.6) is 0 Å². The molecule has 0 saturated heterocycles. The molecule has 0 unspecified atom stereocenters. The number of thiophene rings is 1. The van der Waals surface area contributed by atoms with Crippen molar-refractivity contribution in [2.24, 2.45) is 0 Å². The normalized spacial score (nSPS) is 11.0. The summed E-state index contributed by atoms with van der Waals surface area (Å²) < 4.78 is 0. The summed E-state index contributed by atoms with van der Waals surface area (Å²) in [5.41, 5.74) is 3.17. The van der Waals surface area contributed by atoms with Gasteiger partial charge in [-0.1, -0.05) is 6.07 Å². The molecule has 4 nitrogen and oxygen atoms in total. The number of aromatic nitrogens is 3. The van der Waals surface area contributed by atoms with E-state index in [1.54, 1.807) is 29.4 Å². The fraction of sp³-hybridized carbons (Fsp3) is 0.105. The van der Waals surface area contributed by atoms with E-state index in [9.17, 15) is 0 Å². The molecule has 0 spiro atoms. The van der Waals surface area contributed by atoms with Crippen LogP contribution in [0.25, 0.3) is 20.7 Å². The van der Waals surface area contributed by atoms with Crippen LogP contribution in [-0.4, -0.2) is 21.2 Å². The van der Waals surface area contributed by atoms with Gasteiger partial charge in [-0.05, 0) is 49.6 Å². The Hall–Kier alpha value is -2.44. The monoisotopic (exact) mass is 364 g/mol. The van der Waals surface area contributed by atoms with Crippen molar-refractivity contribution in [2.75, 3.05) is 11.6 Å². The largest absolute Gasteiger partial charge is 0.340 e. The third-order valence-corrected chi connectivity index (χ3v) is 5.77. The second-order valence-corrected chi connectivity index (χ2v) is 7.45. The van der Waals surface area contributed by atoms with Crippen molar-refractivity contribution in [1.29, 1.82) is 0 Å². The lowest BCUT2D eigenvalue weighted by atomic mass is 10.1. The SMILES string of the molecule is CSc1ccc(Nc2ncnc3sc(-c4cccnc4C)cc23)cc1. The predicted octanol–water partition coefficient (Wildman–Crippen LogP) is 5.53. The second-order valence-electron chi connectivity index (χ2n) is 5.54. The molecule has 0 amide bonds. The third-order valence-electron chi connectivity index (χ3n) is 3.95. The van der Waals surface area contributed by atoms with E-state index >= 15 is 0 Å². The van der Waals surface area contributed by atoms with Gasteiger partial charge in [0.2, 0.25) is 0 Å². The lowest BCUT2D eigenvalue weighted by molar-refractivity contribution is 1.21. The fourth-order valence-corrected chi connectivity index (χ4v) is 4.13. The van der Waals surface area contributed by atoms with Crippen molar-refractivity contribution in [2.45, 2.75) is 11.8 Å². The van der Waals surface area contributed by atoms with Crippen LogP contribution in [0.15, 0.2) is 59.9 Å². The highest BCUT2D eigenvalue weighted by molar-refractivity contribution is 7.98. The number of rotatable bonds is 4. The van der Waals surface area contributed by atoms with Gasteiger partial charge in [0, 0.05) is 32.9 Å². The summed E-state index contributed by atoms with van der Waals surface area (Å²) in [5.74, 6) is 0.825. The first-order chi connectivity index (χ1) is 12.2. The number of nitrogens with one attached hydrogen (secondary N) is 1. The van der Waals surface area contributed by atoms with Crippen LogP contribution in [0, 0.1) is 6.92 Å².